The number of amides is 1. The zero-order valence-electron chi connectivity index (χ0n) is 16.1. The highest BCUT2D eigenvalue weighted by atomic mass is 35.5. The van der Waals surface area contributed by atoms with Crippen molar-refractivity contribution >= 4 is 35.0 Å². The number of nitrogens with one attached hydrogen (secondary N) is 1. The molecule has 1 aromatic heterocycles. The summed E-state index contributed by atoms with van der Waals surface area (Å²) in [6.07, 6.45) is 2.36. The first-order valence-corrected chi connectivity index (χ1v) is 9.33. The molecule has 1 amide bonds. The highest BCUT2D eigenvalue weighted by Gasteiger charge is 2.23. The van der Waals surface area contributed by atoms with Gasteiger partial charge in [0.05, 0.1) is 31.1 Å². The molecule has 0 aliphatic carbocycles. The quantitative estimate of drug-likeness (QED) is 0.339. The zero-order valence-corrected chi connectivity index (χ0v) is 16.9. The van der Waals surface area contributed by atoms with Gasteiger partial charge in [-0.25, -0.2) is 5.84 Å². The Hall–Kier alpha value is -3.39. The second-order valence-electron chi connectivity index (χ2n) is 6.41. The molecule has 0 saturated carbocycles. The molecular weight excluding hydrogens is 410 g/mol. The first kappa shape index (κ1) is 21.3. The maximum absolute atomic E-state index is 11.7. The van der Waals surface area contributed by atoms with Gasteiger partial charge in [0.25, 0.3) is 5.91 Å². The Bertz CT molecular complexity index is 1020. The van der Waals surface area contributed by atoms with Crippen LogP contribution >= 0.6 is 11.6 Å². The highest BCUT2D eigenvalue weighted by Crippen LogP contribution is 2.34. The first-order valence-electron chi connectivity index (χ1n) is 8.95. The Morgan fingerprint density at radius 1 is 1.47 bits per heavy atom. The minimum atomic E-state index is -0.763. The van der Waals surface area contributed by atoms with Crippen molar-refractivity contribution in [1.29, 1.82) is 5.26 Å². The van der Waals surface area contributed by atoms with Crippen LogP contribution in [0.25, 0.3) is 6.08 Å². The maximum Gasteiger partial charge on any atom is 0.271 e. The lowest BCUT2D eigenvalue weighted by Crippen LogP contribution is -2.40. The molecule has 2 aromatic rings. The molecule has 1 aromatic carbocycles. The van der Waals surface area contributed by atoms with Crippen LogP contribution in [0, 0.1) is 11.3 Å². The number of ether oxygens (including phenoxy) is 2. The van der Waals surface area contributed by atoms with Gasteiger partial charge in [-0.1, -0.05) is 23.7 Å². The van der Waals surface area contributed by atoms with Gasteiger partial charge in [-0.3, -0.25) is 9.80 Å². The maximum atomic E-state index is 11.7. The zero-order chi connectivity index (χ0) is 21.7. The van der Waals surface area contributed by atoms with Crippen molar-refractivity contribution in [2.75, 3.05) is 25.6 Å². The average Bonchev–Trinajstić information content (AvgIpc) is 3.26. The van der Waals surface area contributed by atoms with Gasteiger partial charge in [0.15, 0.2) is 10.8 Å². The number of rotatable bonds is 7. The molecule has 1 fully saturated rings. The van der Waals surface area contributed by atoms with Gasteiger partial charge >= 0.3 is 0 Å². The van der Waals surface area contributed by atoms with Crippen molar-refractivity contribution in [1.82, 2.24) is 15.2 Å². The van der Waals surface area contributed by atoms with Crippen LogP contribution in [-0.4, -0.2) is 47.5 Å². The number of anilines is 2. The fourth-order valence-corrected chi connectivity index (χ4v) is 3.18. The summed E-state index contributed by atoms with van der Waals surface area (Å²) in [5.74, 6) is 5.79. The Labute approximate surface area is 178 Å². The van der Waals surface area contributed by atoms with E-state index >= 15 is 0 Å². The molecule has 1 aliphatic heterocycles. The van der Waals surface area contributed by atoms with E-state index in [-0.39, 0.29) is 28.3 Å². The van der Waals surface area contributed by atoms with Gasteiger partial charge in [0.1, 0.15) is 17.5 Å². The predicted octanol–water partition coefficient (Wildman–Crippen LogP) is 1.81. The van der Waals surface area contributed by atoms with Gasteiger partial charge in [0, 0.05) is 18.2 Å². The van der Waals surface area contributed by atoms with Crippen LogP contribution in [0.5, 0.6) is 5.75 Å². The monoisotopic (exact) mass is 429 g/mol. The summed E-state index contributed by atoms with van der Waals surface area (Å²) >= 11 is 5.91. The van der Waals surface area contributed by atoms with Gasteiger partial charge in [0.2, 0.25) is 0 Å². The number of benzene rings is 1. The molecule has 0 bridgehead atoms. The average molecular weight is 430 g/mol. The summed E-state index contributed by atoms with van der Waals surface area (Å²) in [7, 11) is 1.49. The molecule has 0 unspecified atom stereocenters. The Morgan fingerprint density at radius 2 is 2.27 bits per heavy atom. The Morgan fingerprint density at radius 3 is 2.90 bits per heavy atom. The number of nitrogens with zero attached hydrogens (tertiary/aromatic N) is 4. The van der Waals surface area contributed by atoms with E-state index in [1.165, 1.54) is 18.2 Å². The van der Waals surface area contributed by atoms with E-state index < -0.39 is 5.91 Å². The summed E-state index contributed by atoms with van der Waals surface area (Å²) in [4.78, 5) is 11.7. The van der Waals surface area contributed by atoms with Crippen LogP contribution in [-0.2, 0) is 4.74 Å². The van der Waals surface area contributed by atoms with Crippen molar-refractivity contribution in [3.63, 3.8) is 0 Å². The molecule has 156 valence electrons. The van der Waals surface area contributed by atoms with Crippen molar-refractivity contribution in [3.8, 4) is 11.8 Å². The van der Waals surface area contributed by atoms with E-state index in [9.17, 15) is 10.1 Å². The third-order valence-corrected chi connectivity index (χ3v) is 4.69. The van der Waals surface area contributed by atoms with Gasteiger partial charge < -0.3 is 20.5 Å². The van der Waals surface area contributed by atoms with E-state index in [2.05, 4.69) is 21.6 Å². The number of hydrazine groups is 1. The van der Waals surface area contributed by atoms with E-state index in [0.29, 0.717) is 30.2 Å². The standard InChI is InChI=1S/C19H20ClN7O3/c1-29-18-11(7-13(9-21)27(23)12-5-6-30-10-12)3-2-4-14(18)24-15-8-16(20)25-26-17(15)19(22)28/h2-4,7-8,12H,5-6,10,23H2,1H3,(H2,22,28)(H,24,25)/b13-7+/t12-/m1/s1. The second-order valence-corrected chi connectivity index (χ2v) is 6.80. The summed E-state index contributed by atoms with van der Waals surface area (Å²) in [6, 6.07) is 8.72. The molecule has 5 N–H and O–H groups in total. The van der Waals surface area contributed by atoms with Crippen LogP contribution in [0.1, 0.15) is 22.5 Å². The van der Waals surface area contributed by atoms with Crippen molar-refractivity contribution < 1.29 is 14.3 Å². The minimum absolute atomic E-state index is 0.0746. The second kappa shape index (κ2) is 9.41. The molecule has 1 aliphatic rings. The SMILES string of the molecule is COc1c(/C=C(\C#N)N(N)[C@@H]2CCOC2)cccc1Nc1cc(Cl)nnc1C(N)=O. The van der Waals surface area contributed by atoms with Crippen LogP contribution in [0.3, 0.4) is 0 Å². The molecule has 1 atom stereocenters. The molecule has 2 heterocycles. The number of allylic oxidation sites excluding steroid dienone is 1. The lowest BCUT2D eigenvalue weighted by molar-refractivity contribution is 0.0995. The molecule has 30 heavy (non-hydrogen) atoms. The summed E-state index contributed by atoms with van der Waals surface area (Å²) in [5.41, 5.74) is 6.92. The summed E-state index contributed by atoms with van der Waals surface area (Å²) in [6.45, 7) is 1.06. The number of aromatic nitrogens is 2. The van der Waals surface area contributed by atoms with Crippen LogP contribution in [0.4, 0.5) is 11.4 Å². The van der Waals surface area contributed by atoms with Gasteiger partial charge in [-0.15, -0.1) is 10.2 Å². The number of nitrogens with two attached hydrogens (primary N) is 2. The van der Waals surface area contributed by atoms with E-state index in [1.54, 1.807) is 24.3 Å². The first-order chi connectivity index (χ1) is 14.4. The number of hydrogen-bond donors (Lipinski definition) is 3. The van der Waals surface area contributed by atoms with Crippen molar-refractivity contribution in [2.45, 2.75) is 12.5 Å². The number of carbonyl (C=O) groups is 1. The van der Waals surface area contributed by atoms with E-state index in [0.717, 1.165) is 6.42 Å². The number of hydrogen-bond acceptors (Lipinski definition) is 9. The summed E-state index contributed by atoms with van der Waals surface area (Å²) in [5, 5.41) is 21.5. The minimum Gasteiger partial charge on any atom is -0.494 e. The molecule has 0 spiro atoms. The van der Waals surface area contributed by atoms with Crippen molar-refractivity contribution in [2.24, 2.45) is 11.6 Å². The van der Waals surface area contributed by atoms with E-state index in [1.807, 2.05) is 0 Å². The van der Waals surface area contributed by atoms with E-state index in [4.69, 9.17) is 32.7 Å². The lowest BCUT2D eigenvalue weighted by atomic mass is 10.1. The van der Waals surface area contributed by atoms with Gasteiger partial charge in [-0.05, 0) is 18.6 Å². The number of carbonyl (C=O) groups excluding carboxylic acids is 1. The fraction of sp³-hybridized carbons (Fsp3) is 0.263. The number of para-hydroxylation sites is 1. The molecule has 0 radical (unpaired) electrons. The Kier molecular flexibility index (Phi) is 6.68. The van der Waals surface area contributed by atoms with Gasteiger partial charge in [-0.2, -0.15) is 5.26 Å². The molecule has 10 nitrogen and oxygen atoms in total. The third-order valence-electron chi connectivity index (χ3n) is 4.50. The number of nitriles is 1. The van der Waals surface area contributed by atoms with Crippen molar-refractivity contribution in [3.05, 3.63) is 46.4 Å². The molecule has 11 heteroatoms. The largest absolute Gasteiger partial charge is 0.494 e. The number of methoxy groups -OCH3 is 1. The predicted molar refractivity (Wildman–Crippen MR) is 111 cm³/mol. The topological polar surface area (TPSA) is 152 Å². The Balaban J connectivity index is 1.98. The number of halogens is 1. The lowest BCUT2D eigenvalue weighted by Gasteiger charge is -2.23. The fourth-order valence-electron chi connectivity index (χ4n) is 3.04. The molecular formula is C19H20ClN7O3. The third kappa shape index (κ3) is 4.60. The van der Waals surface area contributed by atoms with Crippen LogP contribution in [0.15, 0.2) is 30.0 Å². The normalized spacial score (nSPS) is 16.1. The van der Waals surface area contributed by atoms with Crippen LogP contribution < -0.4 is 21.6 Å². The molecule has 3 rings (SSSR count). The van der Waals surface area contributed by atoms with Crippen LogP contribution in [0.2, 0.25) is 5.15 Å². The molecule has 1 saturated heterocycles. The highest BCUT2D eigenvalue weighted by molar-refractivity contribution is 6.29. The smallest absolute Gasteiger partial charge is 0.271 e. The summed E-state index contributed by atoms with van der Waals surface area (Å²) < 4.78 is 10.9. The number of primary amides is 1.